The van der Waals surface area contributed by atoms with Gasteiger partial charge in [0.15, 0.2) is 0 Å². The molecule has 2 N–H and O–H groups in total. The fourth-order valence-electron chi connectivity index (χ4n) is 2.84. The van der Waals surface area contributed by atoms with Gasteiger partial charge in [0.1, 0.15) is 6.04 Å². The van der Waals surface area contributed by atoms with Crippen molar-refractivity contribution in [2.45, 2.75) is 58.9 Å². The van der Waals surface area contributed by atoms with Gasteiger partial charge in [-0.1, -0.05) is 23.8 Å². The fourth-order valence-corrected chi connectivity index (χ4v) is 2.84. The second kappa shape index (κ2) is 8.02. The van der Waals surface area contributed by atoms with Crippen LogP contribution < -0.4 is 10.6 Å². The van der Waals surface area contributed by atoms with Crippen LogP contribution >= 0.6 is 0 Å². The normalized spacial score (nSPS) is 15.9. The average Bonchev–Trinajstić information content (AvgIpc) is 2.52. The Morgan fingerprint density at radius 2 is 2.09 bits per heavy atom. The number of hydrogen-bond acceptors (Lipinski definition) is 2. The Morgan fingerprint density at radius 3 is 2.82 bits per heavy atom. The van der Waals surface area contributed by atoms with E-state index in [1.807, 2.05) is 19.1 Å². The molecule has 1 aliphatic rings. The van der Waals surface area contributed by atoms with Crippen LogP contribution in [0.3, 0.4) is 0 Å². The number of hydrogen-bond donors (Lipinski definition) is 2. The number of benzene rings is 1. The molecule has 120 valence electrons. The summed E-state index contributed by atoms with van der Waals surface area (Å²) >= 11 is 0. The van der Waals surface area contributed by atoms with Crippen LogP contribution in [-0.4, -0.2) is 18.5 Å². The van der Waals surface area contributed by atoms with Crippen molar-refractivity contribution in [3.8, 4) is 0 Å². The summed E-state index contributed by atoms with van der Waals surface area (Å²) in [5.74, 6) is 0.0670. The van der Waals surface area contributed by atoms with E-state index in [0.29, 0.717) is 0 Å². The van der Waals surface area contributed by atoms with Crippen LogP contribution in [0.25, 0.3) is 0 Å². The minimum Gasteiger partial charge on any atom is -0.374 e. The Hall–Kier alpha value is -1.77. The Bertz CT molecular complexity index is 548. The van der Waals surface area contributed by atoms with E-state index in [2.05, 4.69) is 36.6 Å². The number of nitrogens with one attached hydrogen (secondary N) is 2. The zero-order valence-corrected chi connectivity index (χ0v) is 14.0. The third kappa shape index (κ3) is 4.62. The molecule has 3 nitrogen and oxygen atoms in total. The number of carbonyl (C=O) groups excluding carboxylic acids is 1. The molecule has 2 rings (SSSR count). The zero-order valence-electron chi connectivity index (χ0n) is 14.0. The Morgan fingerprint density at radius 1 is 1.27 bits per heavy atom. The van der Waals surface area contributed by atoms with E-state index in [9.17, 15) is 4.79 Å². The second-order valence-corrected chi connectivity index (χ2v) is 6.26. The number of aryl methyl sites for hydroxylation is 1. The summed E-state index contributed by atoms with van der Waals surface area (Å²) in [6, 6.07) is 5.91. The summed E-state index contributed by atoms with van der Waals surface area (Å²) < 4.78 is 0. The lowest BCUT2D eigenvalue weighted by Gasteiger charge is -2.18. The SMILES string of the molecule is Cc1cccc(N[C@H](C)C(=O)NCCC2=CCCCC2)c1C. The van der Waals surface area contributed by atoms with Gasteiger partial charge in [-0.05, 0) is 70.1 Å². The van der Waals surface area contributed by atoms with Crippen LogP contribution in [0.15, 0.2) is 29.8 Å². The summed E-state index contributed by atoms with van der Waals surface area (Å²) in [7, 11) is 0. The van der Waals surface area contributed by atoms with E-state index in [-0.39, 0.29) is 11.9 Å². The highest BCUT2D eigenvalue weighted by molar-refractivity contribution is 5.84. The van der Waals surface area contributed by atoms with E-state index >= 15 is 0 Å². The fraction of sp³-hybridized carbons (Fsp3) is 0.526. The van der Waals surface area contributed by atoms with Gasteiger partial charge in [0, 0.05) is 12.2 Å². The number of amides is 1. The lowest BCUT2D eigenvalue weighted by atomic mass is 9.97. The van der Waals surface area contributed by atoms with Crippen LogP contribution in [0.2, 0.25) is 0 Å². The number of rotatable bonds is 6. The van der Waals surface area contributed by atoms with Gasteiger partial charge in [-0.15, -0.1) is 0 Å². The van der Waals surface area contributed by atoms with Gasteiger partial charge >= 0.3 is 0 Å². The number of anilines is 1. The van der Waals surface area contributed by atoms with Crippen LogP contribution in [0.1, 0.15) is 50.2 Å². The molecule has 1 atom stereocenters. The molecule has 1 aliphatic carbocycles. The summed E-state index contributed by atoms with van der Waals surface area (Å²) in [5, 5.41) is 6.35. The van der Waals surface area contributed by atoms with Gasteiger partial charge in [0.2, 0.25) is 5.91 Å². The zero-order chi connectivity index (χ0) is 15.9. The van der Waals surface area contributed by atoms with Gasteiger partial charge in [-0.25, -0.2) is 0 Å². The predicted molar refractivity (Wildman–Crippen MR) is 93.2 cm³/mol. The molecule has 0 unspecified atom stereocenters. The first-order valence-corrected chi connectivity index (χ1v) is 8.36. The minimum atomic E-state index is -0.221. The standard InChI is InChI=1S/C19H28N2O/c1-14-8-7-11-18(15(14)2)21-16(3)19(22)20-13-12-17-9-5-4-6-10-17/h7-9,11,16,21H,4-6,10,12-13H2,1-3H3,(H,20,22)/t16-/m1/s1. The molecule has 0 aliphatic heterocycles. The number of allylic oxidation sites excluding steroid dienone is 1. The summed E-state index contributed by atoms with van der Waals surface area (Å²) in [5.41, 5.74) is 4.98. The van der Waals surface area contributed by atoms with Crippen LogP contribution in [0.4, 0.5) is 5.69 Å². The maximum Gasteiger partial charge on any atom is 0.242 e. The van der Waals surface area contributed by atoms with Gasteiger partial charge in [-0.2, -0.15) is 0 Å². The average molecular weight is 300 g/mol. The third-order valence-corrected chi connectivity index (χ3v) is 4.50. The summed E-state index contributed by atoms with van der Waals surface area (Å²) in [4.78, 5) is 12.2. The molecule has 1 amide bonds. The first-order chi connectivity index (χ1) is 10.6. The molecule has 0 fully saturated rings. The predicted octanol–water partition coefficient (Wildman–Crippen LogP) is 4.11. The van der Waals surface area contributed by atoms with Gasteiger partial charge in [0.25, 0.3) is 0 Å². The molecule has 0 heterocycles. The smallest absolute Gasteiger partial charge is 0.242 e. The molecule has 1 aromatic carbocycles. The summed E-state index contributed by atoms with van der Waals surface area (Å²) in [6.07, 6.45) is 8.34. The van der Waals surface area contributed by atoms with Gasteiger partial charge in [0.05, 0.1) is 0 Å². The highest BCUT2D eigenvalue weighted by Gasteiger charge is 2.13. The van der Waals surface area contributed by atoms with Crippen molar-refractivity contribution in [1.82, 2.24) is 5.32 Å². The van der Waals surface area contributed by atoms with E-state index < -0.39 is 0 Å². The van der Waals surface area contributed by atoms with Crippen LogP contribution in [-0.2, 0) is 4.79 Å². The first kappa shape index (κ1) is 16.6. The largest absolute Gasteiger partial charge is 0.374 e. The topological polar surface area (TPSA) is 41.1 Å². The molecule has 22 heavy (non-hydrogen) atoms. The molecule has 3 heteroatoms. The molecular formula is C19H28N2O. The van der Waals surface area contributed by atoms with E-state index in [1.54, 1.807) is 0 Å². The molecule has 0 aromatic heterocycles. The molecule has 0 bridgehead atoms. The van der Waals surface area contributed by atoms with Crippen molar-refractivity contribution < 1.29 is 4.79 Å². The van der Waals surface area contributed by atoms with Crippen molar-refractivity contribution >= 4 is 11.6 Å². The quantitative estimate of drug-likeness (QED) is 0.776. The molecule has 0 spiro atoms. The van der Waals surface area contributed by atoms with E-state index in [0.717, 1.165) is 18.7 Å². The maximum atomic E-state index is 12.2. The lowest BCUT2D eigenvalue weighted by molar-refractivity contribution is -0.121. The van der Waals surface area contributed by atoms with Crippen molar-refractivity contribution in [3.05, 3.63) is 41.0 Å². The van der Waals surface area contributed by atoms with Crippen molar-refractivity contribution in [3.63, 3.8) is 0 Å². The Labute approximate surface area is 134 Å². The van der Waals surface area contributed by atoms with Gasteiger partial charge < -0.3 is 10.6 Å². The monoisotopic (exact) mass is 300 g/mol. The molecule has 1 aromatic rings. The van der Waals surface area contributed by atoms with Crippen molar-refractivity contribution in [1.29, 1.82) is 0 Å². The van der Waals surface area contributed by atoms with Crippen LogP contribution in [0.5, 0.6) is 0 Å². The Kier molecular flexibility index (Phi) is 6.05. The lowest BCUT2D eigenvalue weighted by Crippen LogP contribution is -2.38. The third-order valence-electron chi connectivity index (χ3n) is 4.50. The highest BCUT2D eigenvalue weighted by Crippen LogP contribution is 2.20. The maximum absolute atomic E-state index is 12.2. The molecule has 0 saturated carbocycles. The van der Waals surface area contributed by atoms with Gasteiger partial charge in [-0.3, -0.25) is 4.79 Å². The minimum absolute atomic E-state index is 0.0670. The van der Waals surface area contributed by atoms with E-state index in [1.165, 1.54) is 42.4 Å². The van der Waals surface area contributed by atoms with Crippen molar-refractivity contribution in [2.24, 2.45) is 0 Å². The molecular weight excluding hydrogens is 272 g/mol. The summed E-state index contributed by atoms with van der Waals surface area (Å²) in [6.45, 7) is 6.82. The Balaban J connectivity index is 1.79. The number of carbonyl (C=O) groups is 1. The van der Waals surface area contributed by atoms with Crippen LogP contribution in [0, 0.1) is 13.8 Å². The molecule has 0 saturated heterocycles. The van der Waals surface area contributed by atoms with Crippen molar-refractivity contribution in [2.75, 3.05) is 11.9 Å². The molecule has 0 radical (unpaired) electrons. The highest BCUT2D eigenvalue weighted by atomic mass is 16.2. The van der Waals surface area contributed by atoms with E-state index in [4.69, 9.17) is 0 Å². The second-order valence-electron chi connectivity index (χ2n) is 6.26. The first-order valence-electron chi connectivity index (χ1n) is 8.36.